The van der Waals surface area contributed by atoms with E-state index < -0.39 is 12.0 Å². The fourth-order valence-corrected chi connectivity index (χ4v) is 1.69. The summed E-state index contributed by atoms with van der Waals surface area (Å²) in [6.45, 7) is 0.622. The van der Waals surface area contributed by atoms with Gasteiger partial charge in [0.05, 0.1) is 0 Å². The Bertz CT molecular complexity index is 568. The lowest BCUT2D eigenvalue weighted by Gasteiger charge is -2.03. The molecule has 7 nitrogen and oxygen atoms in total. The number of hydrogen-bond acceptors (Lipinski definition) is 5. The van der Waals surface area contributed by atoms with Crippen LogP contribution >= 0.6 is 12.4 Å². The highest BCUT2D eigenvalue weighted by Gasteiger charge is 2.12. The summed E-state index contributed by atoms with van der Waals surface area (Å²) in [7, 11) is 0. The van der Waals surface area contributed by atoms with Crippen molar-refractivity contribution in [3.8, 4) is 11.4 Å². The molecule has 0 saturated carbocycles. The van der Waals surface area contributed by atoms with Crippen molar-refractivity contribution in [1.82, 2.24) is 15.1 Å². The van der Waals surface area contributed by atoms with Gasteiger partial charge in [-0.3, -0.25) is 4.79 Å². The lowest BCUT2D eigenvalue weighted by Crippen LogP contribution is -3.00. The normalized spacial score (nSPS) is 11.0. The highest BCUT2D eigenvalue weighted by Crippen LogP contribution is 2.09. The van der Waals surface area contributed by atoms with Crippen LogP contribution in [0.3, 0.4) is 0 Å². The molecule has 2 heterocycles. The van der Waals surface area contributed by atoms with Gasteiger partial charge in [-0.1, -0.05) is 4.68 Å². The van der Waals surface area contributed by atoms with E-state index >= 15 is 0 Å². The fourth-order valence-electron chi connectivity index (χ4n) is 1.69. The summed E-state index contributed by atoms with van der Waals surface area (Å²) >= 11 is 0. The van der Waals surface area contributed by atoms with Crippen molar-refractivity contribution in [2.45, 2.75) is 25.4 Å². The molecule has 0 radical (unpaired) electrons. The molecular formula is C13H17Cl2N5O2. The monoisotopic (exact) mass is 345 g/mol. The summed E-state index contributed by atoms with van der Waals surface area (Å²) in [5.41, 5.74) is 6.27. The van der Waals surface area contributed by atoms with Crippen LogP contribution in [0.25, 0.3) is 11.4 Å². The number of carboxylic acids is 1. The van der Waals surface area contributed by atoms with Crippen LogP contribution < -0.4 is 22.8 Å². The van der Waals surface area contributed by atoms with Gasteiger partial charge >= 0.3 is 5.97 Å². The van der Waals surface area contributed by atoms with Crippen LogP contribution in [0.1, 0.15) is 12.8 Å². The molecule has 0 amide bonds. The minimum Gasteiger partial charge on any atom is -1.00 e. The van der Waals surface area contributed by atoms with Crippen molar-refractivity contribution in [3.05, 3.63) is 36.9 Å². The summed E-state index contributed by atoms with van der Waals surface area (Å²) < 4.78 is 1.74. The molecule has 0 bridgehead atoms. The molecule has 22 heavy (non-hydrogen) atoms. The number of rotatable bonds is 6. The molecule has 0 aliphatic rings. The molecule has 0 aromatic carbocycles. The van der Waals surface area contributed by atoms with Gasteiger partial charge in [-0.15, -0.1) is 12.4 Å². The third-order valence-electron chi connectivity index (χ3n) is 2.81. The fraction of sp³-hybridized carbons (Fsp3) is 0.308. The molecule has 2 aromatic rings. The van der Waals surface area contributed by atoms with Gasteiger partial charge in [0.2, 0.25) is 0 Å². The first-order valence-electron chi connectivity index (χ1n) is 6.28. The molecule has 0 unspecified atom stereocenters. The van der Waals surface area contributed by atoms with Crippen molar-refractivity contribution < 1.29 is 27.0 Å². The number of carbonyl (C=O) groups is 1. The van der Waals surface area contributed by atoms with Gasteiger partial charge in [0.1, 0.15) is 12.2 Å². The Morgan fingerprint density at radius 2 is 2.05 bits per heavy atom. The molecule has 120 valence electrons. The number of halogens is 2. The van der Waals surface area contributed by atoms with E-state index in [2.05, 4.69) is 15.1 Å². The zero-order chi connectivity index (χ0) is 14.4. The van der Waals surface area contributed by atoms with Crippen LogP contribution in [0.5, 0.6) is 0 Å². The number of hydrogen-bond donors (Lipinski definition) is 2. The lowest BCUT2D eigenvalue weighted by atomic mass is 10.2. The van der Waals surface area contributed by atoms with Crippen LogP contribution in [0.2, 0.25) is 0 Å². The molecule has 2 rings (SSSR count). The minimum absolute atomic E-state index is 0. The Morgan fingerprint density at radius 3 is 2.59 bits per heavy atom. The first-order chi connectivity index (χ1) is 9.66. The topological polar surface area (TPSA) is 106 Å². The van der Waals surface area contributed by atoms with Gasteiger partial charge in [0.15, 0.2) is 18.6 Å². The van der Waals surface area contributed by atoms with E-state index in [1.807, 2.05) is 12.3 Å². The number of aromatic nitrogens is 4. The highest BCUT2D eigenvalue weighted by atomic mass is 35.5. The number of nitrogens with two attached hydrogens (primary N) is 1. The summed E-state index contributed by atoms with van der Waals surface area (Å²) in [5.74, 6) is -0.348. The van der Waals surface area contributed by atoms with Crippen LogP contribution in [0.15, 0.2) is 36.9 Å². The Balaban J connectivity index is 0.00000220. The third-order valence-corrected chi connectivity index (χ3v) is 2.81. The number of aliphatic carboxylic acids is 1. The predicted molar refractivity (Wildman–Crippen MR) is 77.6 cm³/mol. The van der Waals surface area contributed by atoms with Crippen LogP contribution in [0.4, 0.5) is 0 Å². The largest absolute Gasteiger partial charge is 1.00 e. The second kappa shape index (κ2) is 9.99. The predicted octanol–water partition coefficient (Wildman–Crippen LogP) is -2.56. The standard InChI is InChI=1S/C13H15N5O2.2ClH/c14-11(13(19)20)3-1-7-18-8-4-10(9-17-18)12-15-5-2-6-16-12;;/h2,4-6,8-9,11H,1,3,7,14H2;2*1H/t11-;;/m0../s1. The van der Waals surface area contributed by atoms with Crippen LogP contribution in [-0.4, -0.2) is 32.2 Å². The average Bonchev–Trinajstić information content (AvgIpc) is 2.48. The Hall–Kier alpha value is -1.83. The van der Waals surface area contributed by atoms with Crippen molar-refractivity contribution in [1.29, 1.82) is 0 Å². The highest BCUT2D eigenvalue weighted by molar-refractivity contribution is 5.85. The summed E-state index contributed by atoms with van der Waals surface area (Å²) in [5, 5.41) is 12.9. The van der Waals surface area contributed by atoms with Gasteiger partial charge in [-0.2, -0.15) is 0 Å². The minimum atomic E-state index is -0.973. The maximum Gasteiger partial charge on any atom is 0.320 e. The molecule has 0 aliphatic heterocycles. The maximum absolute atomic E-state index is 10.6. The number of nitrogens with zero attached hydrogens (tertiary/aromatic N) is 4. The second-order valence-electron chi connectivity index (χ2n) is 4.34. The van der Waals surface area contributed by atoms with E-state index in [0.717, 1.165) is 5.56 Å². The van der Waals surface area contributed by atoms with E-state index in [4.69, 9.17) is 10.8 Å². The zero-order valence-corrected chi connectivity index (χ0v) is 13.2. The van der Waals surface area contributed by atoms with Crippen LogP contribution in [-0.2, 0) is 11.3 Å². The molecule has 3 N–H and O–H groups in total. The van der Waals surface area contributed by atoms with E-state index in [0.29, 0.717) is 25.2 Å². The third kappa shape index (κ3) is 5.88. The van der Waals surface area contributed by atoms with Gasteiger partial charge in [-0.25, -0.2) is 9.97 Å². The van der Waals surface area contributed by atoms with Crippen molar-refractivity contribution in [3.63, 3.8) is 0 Å². The Morgan fingerprint density at radius 1 is 1.36 bits per heavy atom. The Labute approximate surface area is 140 Å². The van der Waals surface area contributed by atoms with Gasteiger partial charge < -0.3 is 23.2 Å². The molecule has 2 aromatic heterocycles. The number of aryl methyl sites for hydroxylation is 1. The van der Waals surface area contributed by atoms with Crippen LogP contribution in [0, 0.1) is 0 Å². The van der Waals surface area contributed by atoms with Gasteiger partial charge in [-0.05, 0) is 17.6 Å². The second-order valence-corrected chi connectivity index (χ2v) is 4.34. The number of carboxylic acid groups (broad SMARTS) is 1. The molecule has 1 atom stereocenters. The lowest BCUT2D eigenvalue weighted by molar-refractivity contribution is -0.754. The molecule has 0 spiro atoms. The first-order valence-corrected chi connectivity index (χ1v) is 6.28. The average molecular weight is 346 g/mol. The molecule has 0 aliphatic carbocycles. The molecular weight excluding hydrogens is 329 g/mol. The van der Waals surface area contributed by atoms with E-state index in [9.17, 15) is 4.79 Å². The maximum atomic E-state index is 10.6. The van der Waals surface area contributed by atoms with Crippen molar-refractivity contribution in [2.75, 3.05) is 0 Å². The summed E-state index contributed by atoms with van der Waals surface area (Å²) in [6.07, 6.45) is 7.94. The van der Waals surface area contributed by atoms with Crippen molar-refractivity contribution in [2.24, 2.45) is 5.73 Å². The summed E-state index contributed by atoms with van der Waals surface area (Å²) in [4.78, 5) is 18.9. The summed E-state index contributed by atoms with van der Waals surface area (Å²) in [6, 6.07) is 2.82. The Kier molecular flexibility index (Phi) is 9.16. The van der Waals surface area contributed by atoms with E-state index in [-0.39, 0.29) is 24.8 Å². The molecule has 9 heteroatoms. The molecule has 0 fully saturated rings. The SMILES string of the molecule is Cl.N[C@@H](CCC[n+]1ccc(-c2ncccn2)cn1)C(=O)O.[Cl-]. The van der Waals surface area contributed by atoms with E-state index in [1.165, 1.54) is 0 Å². The van der Waals surface area contributed by atoms with Crippen molar-refractivity contribution >= 4 is 18.4 Å². The molecule has 0 saturated heterocycles. The quantitative estimate of drug-likeness (QED) is 0.558. The van der Waals surface area contributed by atoms with E-state index in [1.54, 1.807) is 29.3 Å². The first kappa shape index (κ1) is 20.2. The zero-order valence-electron chi connectivity index (χ0n) is 11.7. The van der Waals surface area contributed by atoms with Gasteiger partial charge in [0, 0.05) is 30.4 Å². The smallest absolute Gasteiger partial charge is 0.320 e. The van der Waals surface area contributed by atoms with Gasteiger partial charge in [0.25, 0.3) is 0 Å².